The van der Waals surface area contributed by atoms with Gasteiger partial charge in [0.15, 0.2) is 0 Å². The summed E-state index contributed by atoms with van der Waals surface area (Å²) in [5.74, 6) is 0. The highest BCUT2D eigenvalue weighted by molar-refractivity contribution is 8.13. The Morgan fingerprint density at radius 2 is 1.93 bits per heavy atom. The Kier molecular flexibility index (Phi) is 2.88. The topological polar surface area (TPSA) is 90.8 Å². The number of aromatic nitrogens is 1. The molecular formula is C8H7ClN2O3S. The largest absolute Gasteiger partial charge is 0.324 e. The van der Waals surface area contributed by atoms with Crippen molar-refractivity contribution >= 4 is 19.7 Å². The molecule has 0 bridgehead atoms. The van der Waals surface area contributed by atoms with Gasteiger partial charge in [0.1, 0.15) is 16.5 Å². The third kappa shape index (κ3) is 2.03. The first kappa shape index (κ1) is 11.8. The van der Waals surface area contributed by atoms with E-state index in [1.807, 2.05) is 0 Å². The number of pyridine rings is 1. The van der Waals surface area contributed by atoms with E-state index in [9.17, 15) is 13.2 Å². The van der Waals surface area contributed by atoms with E-state index in [4.69, 9.17) is 15.9 Å². The standard InChI is InChI=1S/C8H7ClN2O3S/c1-4-6(3-10)8(12)11-5(2)7(4)15(9,13)14/h1-2H3,(H,11,12). The van der Waals surface area contributed by atoms with E-state index in [2.05, 4.69) is 4.98 Å². The number of hydrogen-bond donors (Lipinski definition) is 1. The van der Waals surface area contributed by atoms with Gasteiger partial charge in [-0.2, -0.15) is 5.26 Å². The Labute approximate surface area is 90.7 Å². The molecule has 0 unspecified atom stereocenters. The SMILES string of the molecule is Cc1[nH]c(=O)c(C#N)c(C)c1S(=O)(=O)Cl. The number of H-pyrrole nitrogens is 1. The maximum atomic E-state index is 11.3. The molecule has 1 heterocycles. The van der Waals surface area contributed by atoms with Crippen molar-refractivity contribution in [3.63, 3.8) is 0 Å². The van der Waals surface area contributed by atoms with Crippen LogP contribution >= 0.6 is 10.7 Å². The number of hydrogen-bond acceptors (Lipinski definition) is 4. The molecule has 1 aromatic heterocycles. The minimum absolute atomic E-state index is 0.0775. The second-order valence-electron chi connectivity index (χ2n) is 2.96. The summed E-state index contributed by atoms with van der Waals surface area (Å²) in [6, 6.07) is 1.64. The highest BCUT2D eigenvalue weighted by Crippen LogP contribution is 2.22. The summed E-state index contributed by atoms with van der Waals surface area (Å²) in [5, 5.41) is 8.67. The molecule has 1 aromatic rings. The summed E-state index contributed by atoms with van der Waals surface area (Å²) in [6.45, 7) is 2.78. The predicted octanol–water partition coefficient (Wildman–Crippen LogP) is 0.791. The van der Waals surface area contributed by atoms with Crippen molar-refractivity contribution in [2.45, 2.75) is 18.7 Å². The van der Waals surface area contributed by atoms with Gasteiger partial charge >= 0.3 is 0 Å². The molecule has 0 aromatic carbocycles. The van der Waals surface area contributed by atoms with Gasteiger partial charge in [-0.05, 0) is 19.4 Å². The van der Waals surface area contributed by atoms with E-state index in [0.717, 1.165) is 0 Å². The maximum Gasteiger partial charge on any atom is 0.266 e. The predicted molar refractivity (Wildman–Crippen MR) is 54.3 cm³/mol. The van der Waals surface area contributed by atoms with Crippen LogP contribution in [0.5, 0.6) is 0 Å². The molecule has 15 heavy (non-hydrogen) atoms. The first-order valence-corrected chi connectivity index (χ1v) is 6.18. The van der Waals surface area contributed by atoms with Gasteiger partial charge in [0.2, 0.25) is 0 Å². The van der Waals surface area contributed by atoms with E-state index in [1.165, 1.54) is 13.8 Å². The molecule has 0 aliphatic heterocycles. The van der Waals surface area contributed by atoms with Crippen molar-refractivity contribution in [3.05, 3.63) is 27.2 Å². The Balaban J connectivity index is 3.87. The van der Waals surface area contributed by atoms with Crippen molar-refractivity contribution < 1.29 is 8.42 Å². The van der Waals surface area contributed by atoms with Crippen LogP contribution in [0.2, 0.25) is 0 Å². The first-order valence-electron chi connectivity index (χ1n) is 3.87. The molecule has 0 radical (unpaired) electrons. The molecule has 7 heteroatoms. The molecule has 0 amide bonds. The lowest BCUT2D eigenvalue weighted by Gasteiger charge is -2.06. The number of nitrogens with one attached hydrogen (secondary N) is 1. The van der Waals surface area contributed by atoms with Crippen LogP contribution in [-0.2, 0) is 9.05 Å². The number of nitrogens with zero attached hydrogens (tertiary/aromatic N) is 1. The van der Waals surface area contributed by atoms with E-state index >= 15 is 0 Å². The molecule has 1 N–H and O–H groups in total. The van der Waals surface area contributed by atoms with E-state index < -0.39 is 14.6 Å². The fourth-order valence-corrected chi connectivity index (χ4v) is 2.93. The second-order valence-corrected chi connectivity index (χ2v) is 5.46. The molecule has 0 atom stereocenters. The average Bonchev–Trinajstić information content (AvgIpc) is 2.00. The molecule has 5 nitrogen and oxygen atoms in total. The van der Waals surface area contributed by atoms with Crippen LogP contribution in [0.4, 0.5) is 0 Å². The van der Waals surface area contributed by atoms with Gasteiger partial charge in [-0.25, -0.2) is 8.42 Å². The van der Waals surface area contributed by atoms with Gasteiger partial charge in [-0.15, -0.1) is 0 Å². The minimum atomic E-state index is -3.96. The smallest absolute Gasteiger partial charge is 0.266 e. The highest BCUT2D eigenvalue weighted by Gasteiger charge is 2.21. The van der Waals surface area contributed by atoms with Gasteiger partial charge in [-0.3, -0.25) is 4.79 Å². The summed E-state index contributed by atoms with van der Waals surface area (Å²) < 4.78 is 22.4. The lowest BCUT2D eigenvalue weighted by molar-refractivity contribution is 0.607. The monoisotopic (exact) mass is 246 g/mol. The molecule has 0 spiro atoms. The van der Waals surface area contributed by atoms with E-state index in [-0.39, 0.29) is 21.7 Å². The molecule has 80 valence electrons. The van der Waals surface area contributed by atoms with Crippen molar-refractivity contribution in [2.24, 2.45) is 0 Å². The quantitative estimate of drug-likeness (QED) is 0.742. The molecule has 0 aliphatic rings. The van der Waals surface area contributed by atoms with Gasteiger partial charge < -0.3 is 4.98 Å². The molecule has 0 saturated heterocycles. The van der Waals surface area contributed by atoms with E-state index in [0.29, 0.717) is 0 Å². The number of halogens is 1. The van der Waals surface area contributed by atoms with Crippen LogP contribution < -0.4 is 5.56 Å². The van der Waals surface area contributed by atoms with Crippen LogP contribution in [0.3, 0.4) is 0 Å². The van der Waals surface area contributed by atoms with Crippen molar-refractivity contribution in [1.29, 1.82) is 5.26 Å². The van der Waals surface area contributed by atoms with Crippen molar-refractivity contribution in [2.75, 3.05) is 0 Å². The summed E-state index contributed by atoms with van der Waals surface area (Å²) in [7, 11) is 1.23. The molecule has 0 fully saturated rings. The van der Waals surface area contributed by atoms with Gasteiger partial charge in [0.05, 0.1) is 0 Å². The van der Waals surface area contributed by atoms with Gasteiger partial charge in [0.25, 0.3) is 14.6 Å². The Morgan fingerprint density at radius 3 is 2.33 bits per heavy atom. The molecule has 0 aliphatic carbocycles. The lowest BCUT2D eigenvalue weighted by atomic mass is 10.1. The zero-order valence-electron chi connectivity index (χ0n) is 7.96. The Hall–Kier alpha value is -1.32. The Morgan fingerprint density at radius 1 is 1.40 bits per heavy atom. The minimum Gasteiger partial charge on any atom is -0.324 e. The normalized spacial score (nSPS) is 11.1. The number of aryl methyl sites for hydroxylation is 1. The van der Waals surface area contributed by atoms with Gasteiger partial charge in [-0.1, -0.05) is 0 Å². The summed E-state index contributed by atoms with van der Waals surface area (Å²) in [6.07, 6.45) is 0. The average molecular weight is 247 g/mol. The summed E-state index contributed by atoms with van der Waals surface area (Å²) in [5.41, 5.74) is -0.642. The van der Waals surface area contributed by atoms with Crippen LogP contribution in [0.15, 0.2) is 9.69 Å². The fourth-order valence-electron chi connectivity index (χ4n) is 1.35. The molecule has 0 saturated carbocycles. The van der Waals surface area contributed by atoms with Crippen molar-refractivity contribution in [3.8, 4) is 6.07 Å². The van der Waals surface area contributed by atoms with E-state index in [1.54, 1.807) is 6.07 Å². The third-order valence-corrected chi connectivity index (χ3v) is 3.50. The number of aromatic amines is 1. The van der Waals surface area contributed by atoms with Gasteiger partial charge in [0, 0.05) is 16.4 Å². The maximum absolute atomic E-state index is 11.3. The first-order chi connectivity index (χ1) is 6.79. The van der Waals surface area contributed by atoms with Crippen LogP contribution in [0.25, 0.3) is 0 Å². The van der Waals surface area contributed by atoms with Crippen LogP contribution in [-0.4, -0.2) is 13.4 Å². The molecular weight excluding hydrogens is 240 g/mol. The fraction of sp³-hybridized carbons (Fsp3) is 0.250. The zero-order chi connectivity index (χ0) is 11.8. The molecule has 1 rings (SSSR count). The number of nitriles is 1. The zero-order valence-corrected chi connectivity index (χ0v) is 9.53. The lowest BCUT2D eigenvalue weighted by Crippen LogP contribution is -2.17. The summed E-state index contributed by atoms with van der Waals surface area (Å²) >= 11 is 0. The second kappa shape index (κ2) is 3.68. The van der Waals surface area contributed by atoms with Crippen LogP contribution in [0, 0.1) is 25.2 Å². The highest BCUT2D eigenvalue weighted by atomic mass is 35.7. The number of rotatable bonds is 1. The Bertz CT molecular complexity index is 610. The summed E-state index contributed by atoms with van der Waals surface area (Å²) in [4.78, 5) is 13.3. The van der Waals surface area contributed by atoms with Crippen molar-refractivity contribution in [1.82, 2.24) is 4.98 Å². The van der Waals surface area contributed by atoms with Crippen LogP contribution in [0.1, 0.15) is 16.8 Å². The third-order valence-electron chi connectivity index (χ3n) is 1.94.